The third-order valence-electron chi connectivity index (χ3n) is 12.9. The number of rotatable bonds is 3. The molecule has 56 heavy (non-hydrogen) atoms. The molecule has 8 atom stereocenters. The monoisotopic (exact) mass is 783 g/mol. The zero-order chi connectivity index (χ0) is 39.0. The minimum Gasteiger partial charge on any atom is -0.504 e. The predicted octanol–water partition coefficient (Wildman–Crippen LogP) is 3.51. The normalized spacial score (nSPS) is 31.3. The largest absolute Gasteiger partial charge is 0.504 e. The number of thioether (sulfide) groups is 1. The number of fused-ring (bicyclic) bond motifs is 8. The van der Waals surface area contributed by atoms with Gasteiger partial charge in [-0.25, -0.2) is 4.79 Å². The second-order valence-corrected chi connectivity index (χ2v) is 17.2. The number of hydrogen-bond donors (Lipinski definition) is 5. The average Bonchev–Trinajstić information content (AvgIpc) is 3.76. The van der Waals surface area contributed by atoms with Crippen molar-refractivity contribution in [3.8, 4) is 28.7 Å². The van der Waals surface area contributed by atoms with Crippen molar-refractivity contribution >= 4 is 34.6 Å². The molecule has 14 nitrogen and oxygen atoms in total. The summed E-state index contributed by atoms with van der Waals surface area (Å²) >= 11 is 1.52. The molecule has 8 aliphatic rings. The van der Waals surface area contributed by atoms with Crippen molar-refractivity contribution in [2.24, 2.45) is 5.73 Å². The number of aromatic amines is 1. The number of esters is 2. The maximum absolute atomic E-state index is 15.0. The van der Waals surface area contributed by atoms with Crippen molar-refractivity contribution in [3.63, 3.8) is 0 Å². The number of benzene rings is 3. The molecule has 2 unspecified atom stereocenters. The number of nitrogens with two attached hydrogens (primary N) is 1. The Bertz CT molecular complexity index is 2370. The number of aromatic hydroxyl groups is 1. The first-order valence-electron chi connectivity index (χ1n) is 19.0. The van der Waals surface area contributed by atoms with Gasteiger partial charge in [0.2, 0.25) is 6.79 Å². The fourth-order valence-corrected chi connectivity index (χ4v) is 12.5. The van der Waals surface area contributed by atoms with E-state index >= 15 is 4.79 Å². The summed E-state index contributed by atoms with van der Waals surface area (Å²) in [5, 5.41) is 29.4. The zero-order valence-electron chi connectivity index (χ0n) is 31.9. The SMILES string of the molecule is COc1c(C)cc2c(c1O)[C@H]1[C@@H]3[C@@H]4SC[C@]5(N[C@H](CN)Cc6c5[nH]c5ccccc65)C(=O)OC[C@@H](c5c6c(c(C)c(OC(C)=O)c54)OCO6)N3C(O)(C2)CN1C. The highest BCUT2D eigenvalue weighted by atomic mass is 32.2. The fourth-order valence-electron chi connectivity index (χ4n) is 10.8. The lowest BCUT2D eigenvalue weighted by atomic mass is 9.78. The van der Waals surface area contributed by atoms with Gasteiger partial charge in [-0.2, -0.15) is 0 Å². The van der Waals surface area contributed by atoms with E-state index in [4.69, 9.17) is 29.4 Å². The Balaban J connectivity index is 1.26. The minimum atomic E-state index is -1.50. The number of phenolic OH excluding ortho intramolecular Hbond substituents is 1. The molecule has 0 radical (unpaired) electrons. The number of aryl methyl sites for hydroxylation is 1. The predicted molar refractivity (Wildman–Crippen MR) is 206 cm³/mol. The summed E-state index contributed by atoms with van der Waals surface area (Å²) in [6, 6.07) is 7.94. The second kappa shape index (κ2) is 12.5. The molecular formula is C41H45N5O9S. The number of aliphatic hydroxyl groups is 1. The number of ether oxygens (including phenoxy) is 5. The molecule has 2 fully saturated rings. The molecule has 3 aromatic carbocycles. The van der Waals surface area contributed by atoms with E-state index in [0.29, 0.717) is 58.2 Å². The number of H-pyrrole nitrogens is 1. The second-order valence-electron chi connectivity index (χ2n) is 16.1. The molecule has 294 valence electrons. The maximum Gasteiger partial charge on any atom is 0.333 e. The van der Waals surface area contributed by atoms with Crippen LogP contribution in [0, 0.1) is 13.8 Å². The summed E-state index contributed by atoms with van der Waals surface area (Å²) in [4.78, 5) is 35.8. The van der Waals surface area contributed by atoms with Gasteiger partial charge in [-0.05, 0) is 50.1 Å². The number of nitrogens with zero attached hydrogens (tertiary/aromatic N) is 2. The van der Waals surface area contributed by atoms with Crippen molar-refractivity contribution < 1.29 is 43.5 Å². The van der Waals surface area contributed by atoms with E-state index in [2.05, 4.69) is 26.2 Å². The molecule has 15 heteroatoms. The lowest BCUT2D eigenvalue weighted by Gasteiger charge is -2.60. The van der Waals surface area contributed by atoms with Gasteiger partial charge in [0.15, 0.2) is 28.5 Å². The molecule has 0 amide bonds. The van der Waals surface area contributed by atoms with E-state index < -0.39 is 46.6 Å². The number of aromatic nitrogens is 1. The number of likely N-dealkylation sites (N-methyl/N-ethyl adjacent to an activating group) is 1. The first-order valence-corrected chi connectivity index (χ1v) is 20.1. The van der Waals surface area contributed by atoms with E-state index in [1.807, 2.05) is 45.2 Å². The lowest BCUT2D eigenvalue weighted by molar-refractivity contribution is -0.215. The Kier molecular flexibility index (Phi) is 8.00. The summed E-state index contributed by atoms with van der Waals surface area (Å²) in [6.07, 6.45) is 0.802. The van der Waals surface area contributed by atoms with Crippen LogP contribution in [0.4, 0.5) is 0 Å². The van der Waals surface area contributed by atoms with Gasteiger partial charge in [0.1, 0.15) is 18.1 Å². The average molecular weight is 784 g/mol. The molecule has 12 rings (SSSR count). The minimum absolute atomic E-state index is 0.0241. The number of phenols is 1. The van der Waals surface area contributed by atoms with Crippen molar-refractivity contribution in [1.29, 1.82) is 0 Å². The highest BCUT2D eigenvalue weighted by molar-refractivity contribution is 7.99. The van der Waals surface area contributed by atoms with Gasteiger partial charge in [0.05, 0.1) is 30.1 Å². The zero-order valence-corrected chi connectivity index (χ0v) is 32.7. The third-order valence-corrected chi connectivity index (χ3v) is 14.3. The molecular weight excluding hydrogens is 739 g/mol. The van der Waals surface area contributed by atoms with Gasteiger partial charge in [-0.1, -0.05) is 24.3 Å². The smallest absolute Gasteiger partial charge is 0.333 e. The number of piperazine rings is 1. The van der Waals surface area contributed by atoms with Gasteiger partial charge in [-0.15, -0.1) is 11.8 Å². The first-order chi connectivity index (χ1) is 26.9. The van der Waals surface area contributed by atoms with E-state index in [9.17, 15) is 15.0 Å². The molecule has 4 bridgehead atoms. The lowest BCUT2D eigenvalue weighted by Crippen LogP contribution is -2.70. The number of carbonyl (C=O) groups excluding carboxylic acids is 2. The molecule has 6 N–H and O–H groups in total. The summed E-state index contributed by atoms with van der Waals surface area (Å²) in [5.41, 5.74) is 10.4. The summed E-state index contributed by atoms with van der Waals surface area (Å²) in [5.74, 6) is 0.875. The van der Waals surface area contributed by atoms with Crippen molar-refractivity contribution in [2.75, 3.05) is 46.4 Å². The summed E-state index contributed by atoms with van der Waals surface area (Å²) in [6.45, 7) is 5.39. The molecule has 1 spiro atoms. The van der Waals surface area contributed by atoms with Crippen LogP contribution in [0.3, 0.4) is 0 Å². The Morgan fingerprint density at radius 1 is 1.12 bits per heavy atom. The maximum atomic E-state index is 15.0. The Labute approximate surface area is 327 Å². The number of methoxy groups -OCH3 is 1. The van der Waals surface area contributed by atoms with Crippen molar-refractivity contribution in [1.82, 2.24) is 20.1 Å². The quantitative estimate of drug-likeness (QED) is 0.151. The summed E-state index contributed by atoms with van der Waals surface area (Å²) in [7, 11) is 3.50. The topological polar surface area (TPSA) is 181 Å². The van der Waals surface area contributed by atoms with Crippen molar-refractivity contribution in [3.05, 3.63) is 75.0 Å². The van der Waals surface area contributed by atoms with E-state index in [1.165, 1.54) is 18.7 Å². The van der Waals surface area contributed by atoms with Gasteiger partial charge in [0, 0.05) is 77.4 Å². The molecule has 4 aromatic rings. The van der Waals surface area contributed by atoms with Crippen LogP contribution in [0.1, 0.15) is 68.9 Å². The van der Waals surface area contributed by atoms with E-state index in [0.717, 1.165) is 33.3 Å². The molecule has 9 heterocycles. The van der Waals surface area contributed by atoms with Gasteiger partial charge in [-0.3, -0.25) is 19.9 Å². The number of para-hydroxylation sites is 1. The molecule has 0 saturated carbocycles. The van der Waals surface area contributed by atoms with Crippen LogP contribution in [0.2, 0.25) is 0 Å². The molecule has 1 aromatic heterocycles. The van der Waals surface area contributed by atoms with Crippen LogP contribution in [-0.4, -0.2) is 101 Å². The van der Waals surface area contributed by atoms with Crippen LogP contribution in [0.15, 0.2) is 30.3 Å². The molecule has 0 aliphatic carbocycles. The van der Waals surface area contributed by atoms with Gasteiger partial charge < -0.3 is 44.6 Å². The standard InChI is InChI=1S/C41H45N5O9S/c1-18-10-21-12-40(50)15-45(4)30(27(21)32(48)33(18)51-5)31-37-29-28(36-35(53-17-54-36)19(2)34(29)55-20(3)47)26(46(31)40)14-52-39(49)41(16-56-37)38-24(11-22(13-42)44-41)23-8-6-7-9-25(23)43-38/h6-10,22,26,30-31,37,43-44,48,50H,11-17,42H2,1-5H3/t22-,26-,30-,31+,37+,40?,41+/m0/s1. The molecule has 2 saturated heterocycles. The van der Waals surface area contributed by atoms with Crippen LogP contribution in [-0.2, 0) is 32.7 Å². The highest BCUT2D eigenvalue weighted by Crippen LogP contribution is 2.65. The summed E-state index contributed by atoms with van der Waals surface area (Å²) < 4.78 is 30.8. The number of nitrogens with one attached hydrogen (secondary N) is 2. The Hall–Kier alpha value is -4.51. The Morgan fingerprint density at radius 2 is 1.91 bits per heavy atom. The van der Waals surface area contributed by atoms with Gasteiger partial charge in [0.25, 0.3) is 0 Å². The van der Waals surface area contributed by atoms with Crippen LogP contribution in [0.25, 0.3) is 10.9 Å². The van der Waals surface area contributed by atoms with Crippen LogP contribution < -0.4 is 30.0 Å². The molecule has 8 aliphatic heterocycles. The Morgan fingerprint density at radius 3 is 2.68 bits per heavy atom. The van der Waals surface area contributed by atoms with Gasteiger partial charge >= 0.3 is 11.9 Å². The number of hydrogen-bond acceptors (Lipinski definition) is 14. The number of carbonyl (C=O) groups is 2. The van der Waals surface area contributed by atoms with Crippen LogP contribution >= 0.6 is 11.8 Å². The first kappa shape index (κ1) is 35.9. The third kappa shape index (κ3) is 4.75. The fraction of sp³-hybridized carbons (Fsp3) is 0.463. The highest BCUT2D eigenvalue weighted by Gasteiger charge is 2.64. The van der Waals surface area contributed by atoms with E-state index in [1.54, 1.807) is 7.11 Å². The van der Waals surface area contributed by atoms with Crippen LogP contribution in [0.5, 0.6) is 28.7 Å². The van der Waals surface area contributed by atoms with E-state index in [-0.39, 0.29) is 43.9 Å². The van der Waals surface area contributed by atoms with Crippen molar-refractivity contribution in [2.45, 2.75) is 74.3 Å².